The van der Waals surface area contributed by atoms with E-state index in [1.54, 1.807) is 24.3 Å². The largest absolute Gasteiger partial charge is 0.481 e. The minimum atomic E-state index is -3.32. The highest BCUT2D eigenvalue weighted by atomic mass is 32.2. The molecule has 1 N–H and O–H groups in total. The fraction of sp³-hybridized carbons (Fsp3) is 0.350. The molecule has 1 amide bonds. The van der Waals surface area contributed by atoms with E-state index in [-0.39, 0.29) is 11.9 Å². The van der Waals surface area contributed by atoms with Crippen LogP contribution >= 0.6 is 0 Å². The van der Waals surface area contributed by atoms with Crippen LogP contribution in [-0.4, -0.2) is 33.7 Å². The third-order valence-corrected chi connectivity index (χ3v) is 5.50. The van der Waals surface area contributed by atoms with E-state index < -0.39 is 16.1 Å². The van der Waals surface area contributed by atoms with Crippen LogP contribution in [0, 0.1) is 0 Å². The summed E-state index contributed by atoms with van der Waals surface area (Å²) in [6.07, 6.45) is 1.02. The molecule has 0 saturated carbocycles. The highest BCUT2D eigenvalue weighted by Gasteiger charge is 2.21. The lowest BCUT2D eigenvalue weighted by Crippen LogP contribution is -2.39. The molecule has 7 heteroatoms. The Morgan fingerprint density at radius 3 is 2.22 bits per heavy atom. The molecule has 2 aromatic rings. The summed E-state index contributed by atoms with van der Waals surface area (Å²) in [5, 5.41) is 2.97. The maximum atomic E-state index is 12.5. The lowest BCUT2D eigenvalue weighted by atomic mass is 10.1. The maximum Gasteiger partial charge on any atom is 0.261 e. The van der Waals surface area contributed by atoms with Gasteiger partial charge in [0.25, 0.3) is 5.91 Å². The number of carbonyl (C=O) groups excluding carboxylic acids is 1. The first-order chi connectivity index (χ1) is 12.7. The number of anilines is 1. The van der Waals surface area contributed by atoms with E-state index in [0.29, 0.717) is 17.9 Å². The van der Waals surface area contributed by atoms with Crippen LogP contribution in [0.25, 0.3) is 0 Å². The Morgan fingerprint density at radius 2 is 1.70 bits per heavy atom. The van der Waals surface area contributed by atoms with E-state index in [2.05, 4.69) is 5.32 Å². The number of nitrogens with zero attached hydrogens (tertiary/aromatic N) is 1. The van der Waals surface area contributed by atoms with Gasteiger partial charge in [0, 0.05) is 7.05 Å². The zero-order chi connectivity index (χ0) is 20.0. The molecule has 0 fully saturated rings. The van der Waals surface area contributed by atoms with Crippen molar-refractivity contribution in [3.05, 3.63) is 60.2 Å². The molecule has 27 heavy (non-hydrogen) atoms. The summed E-state index contributed by atoms with van der Waals surface area (Å²) in [4.78, 5) is 12.5. The molecule has 0 spiro atoms. The van der Waals surface area contributed by atoms with E-state index in [1.165, 1.54) is 11.4 Å². The van der Waals surface area contributed by atoms with Gasteiger partial charge in [0.05, 0.1) is 18.0 Å². The summed E-state index contributed by atoms with van der Waals surface area (Å²) >= 11 is 0. The molecule has 0 saturated heterocycles. The van der Waals surface area contributed by atoms with E-state index in [9.17, 15) is 13.2 Å². The van der Waals surface area contributed by atoms with Crippen molar-refractivity contribution in [2.24, 2.45) is 0 Å². The standard InChI is InChI=1S/C20H26N2O4S/c1-5-19(20(23)21-15(2)16-9-7-6-8-10-16)26-18-13-11-17(12-14-18)22(3)27(4,24)25/h6-15,19H,5H2,1-4H3,(H,21,23)/t15-,19+/m0/s1. The summed E-state index contributed by atoms with van der Waals surface area (Å²) in [5.74, 6) is 0.321. The second-order valence-electron chi connectivity index (χ2n) is 6.38. The monoisotopic (exact) mass is 390 g/mol. The number of hydrogen-bond acceptors (Lipinski definition) is 4. The van der Waals surface area contributed by atoms with E-state index in [1.807, 2.05) is 44.2 Å². The van der Waals surface area contributed by atoms with Gasteiger partial charge in [-0.1, -0.05) is 37.3 Å². The number of amides is 1. The molecule has 2 atom stereocenters. The fourth-order valence-corrected chi connectivity index (χ4v) is 3.05. The van der Waals surface area contributed by atoms with Crippen LogP contribution in [0.4, 0.5) is 5.69 Å². The van der Waals surface area contributed by atoms with Gasteiger partial charge in [-0.15, -0.1) is 0 Å². The molecule has 0 aliphatic heterocycles. The van der Waals surface area contributed by atoms with Crippen LogP contribution in [0.2, 0.25) is 0 Å². The van der Waals surface area contributed by atoms with Crippen LogP contribution in [0.3, 0.4) is 0 Å². The van der Waals surface area contributed by atoms with Crippen molar-refractivity contribution < 1.29 is 17.9 Å². The Balaban J connectivity index is 2.02. The van der Waals surface area contributed by atoms with Gasteiger partial charge >= 0.3 is 0 Å². The van der Waals surface area contributed by atoms with E-state index in [0.717, 1.165) is 11.8 Å². The minimum Gasteiger partial charge on any atom is -0.481 e. The van der Waals surface area contributed by atoms with Crippen molar-refractivity contribution in [3.63, 3.8) is 0 Å². The normalized spacial score (nSPS) is 13.5. The second kappa shape index (κ2) is 8.90. The van der Waals surface area contributed by atoms with Crippen LogP contribution in [0.5, 0.6) is 5.75 Å². The number of carbonyl (C=O) groups is 1. The van der Waals surface area contributed by atoms with Crippen LogP contribution in [0.1, 0.15) is 31.9 Å². The molecule has 0 aliphatic rings. The number of sulfonamides is 1. The average Bonchev–Trinajstić information content (AvgIpc) is 2.65. The minimum absolute atomic E-state index is 0.123. The maximum absolute atomic E-state index is 12.5. The van der Waals surface area contributed by atoms with E-state index in [4.69, 9.17) is 4.74 Å². The lowest BCUT2D eigenvalue weighted by molar-refractivity contribution is -0.128. The summed E-state index contributed by atoms with van der Waals surface area (Å²) < 4.78 is 30.2. The van der Waals surface area contributed by atoms with Crippen molar-refractivity contribution in [2.45, 2.75) is 32.4 Å². The smallest absolute Gasteiger partial charge is 0.261 e. The Kier molecular flexibility index (Phi) is 6.85. The van der Waals surface area contributed by atoms with Gasteiger partial charge in [0.15, 0.2) is 6.10 Å². The molecule has 146 valence electrons. The van der Waals surface area contributed by atoms with Crippen molar-refractivity contribution in [3.8, 4) is 5.75 Å². The molecule has 0 bridgehead atoms. The highest BCUT2D eigenvalue weighted by Crippen LogP contribution is 2.22. The Labute approximate surface area is 161 Å². The third-order valence-electron chi connectivity index (χ3n) is 4.30. The van der Waals surface area contributed by atoms with Crippen molar-refractivity contribution in [1.82, 2.24) is 5.32 Å². The molecule has 0 radical (unpaired) electrons. The Morgan fingerprint density at radius 1 is 1.11 bits per heavy atom. The molecule has 0 heterocycles. The quantitative estimate of drug-likeness (QED) is 0.751. The van der Waals surface area contributed by atoms with Gasteiger partial charge in [-0.2, -0.15) is 0 Å². The van der Waals surface area contributed by atoms with Crippen LogP contribution in [0.15, 0.2) is 54.6 Å². The first kappa shape index (κ1) is 20.8. The molecule has 0 aromatic heterocycles. The topological polar surface area (TPSA) is 75.7 Å². The highest BCUT2D eigenvalue weighted by molar-refractivity contribution is 7.92. The molecule has 0 unspecified atom stereocenters. The third kappa shape index (κ3) is 5.72. The Bertz CT molecular complexity index is 851. The number of benzene rings is 2. The predicted octanol–water partition coefficient (Wildman–Crippen LogP) is 3.12. The van der Waals surface area contributed by atoms with Crippen molar-refractivity contribution in [1.29, 1.82) is 0 Å². The molecular formula is C20H26N2O4S. The number of nitrogens with one attached hydrogen (secondary N) is 1. The predicted molar refractivity (Wildman–Crippen MR) is 107 cm³/mol. The second-order valence-corrected chi connectivity index (χ2v) is 8.39. The zero-order valence-corrected chi connectivity index (χ0v) is 16.9. The number of ether oxygens (including phenoxy) is 1. The molecule has 2 aromatic carbocycles. The first-order valence-corrected chi connectivity index (χ1v) is 10.6. The lowest BCUT2D eigenvalue weighted by Gasteiger charge is -2.21. The summed E-state index contributed by atoms with van der Waals surface area (Å²) in [7, 11) is -1.84. The molecule has 0 aliphatic carbocycles. The average molecular weight is 391 g/mol. The van der Waals surface area contributed by atoms with Crippen molar-refractivity contribution in [2.75, 3.05) is 17.6 Å². The first-order valence-electron chi connectivity index (χ1n) is 8.78. The number of rotatable bonds is 8. The summed E-state index contributed by atoms with van der Waals surface area (Å²) in [6, 6.07) is 16.2. The zero-order valence-electron chi connectivity index (χ0n) is 16.0. The van der Waals surface area contributed by atoms with E-state index >= 15 is 0 Å². The van der Waals surface area contributed by atoms with Gasteiger partial charge in [0.1, 0.15) is 5.75 Å². The fourth-order valence-electron chi connectivity index (χ4n) is 2.54. The molecular weight excluding hydrogens is 364 g/mol. The summed E-state index contributed by atoms with van der Waals surface area (Å²) in [5.41, 5.74) is 1.55. The molecule has 6 nitrogen and oxygen atoms in total. The number of hydrogen-bond donors (Lipinski definition) is 1. The van der Waals surface area contributed by atoms with Crippen LogP contribution in [-0.2, 0) is 14.8 Å². The SMILES string of the molecule is CC[C@@H](Oc1ccc(N(C)S(C)(=O)=O)cc1)C(=O)N[C@@H](C)c1ccccc1. The van der Waals surface area contributed by atoms with Gasteiger partial charge < -0.3 is 10.1 Å². The van der Waals surface area contributed by atoms with Crippen LogP contribution < -0.4 is 14.4 Å². The van der Waals surface area contributed by atoms with Gasteiger partial charge in [0.2, 0.25) is 10.0 Å². The summed E-state index contributed by atoms with van der Waals surface area (Å²) in [6.45, 7) is 3.80. The van der Waals surface area contributed by atoms with Gasteiger partial charge in [-0.3, -0.25) is 9.10 Å². The van der Waals surface area contributed by atoms with Gasteiger partial charge in [-0.05, 0) is 43.2 Å². The Hall–Kier alpha value is -2.54. The van der Waals surface area contributed by atoms with Gasteiger partial charge in [-0.25, -0.2) is 8.42 Å². The molecule has 2 rings (SSSR count). The van der Waals surface area contributed by atoms with Crippen molar-refractivity contribution >= 4 is 21.6 Å².